The van der Waals surface area contributed by atoms with Gasteiger partial charge in [0, 0.05) is 18.6 Å². The minimum atomic E-state index is 0.314. The highest BCUT2D eigenvalue weighted by molar-refractivity contribution is 4.68. The number of hydrogen-bond acceptors (Lipinski definition) is 2. The van der Waals surface area contributed by atoms with Crippen LogP contribution in [0, 0.1) is 5.92 Å². The molecule has 0 aliphatic heterocycles. The maximum absolute atomic E-state index is 5.74. The van der Waals surface area contributed by atoms with E-state index in [0.29, 0.717) is 12.1 Å². The molecule has 0 aliphatic carbocycles. The molecule has 0 fully saturated rings. The van der Waals surface area contributed by atoms with E-state index < -0.39 is 0 Å². The molecule has 0 rings (SSSR count). The highest BCUT2D eigenvalue weighted by Crippen LogP contribution is 2.06. The van der Waals surface area contributed by atoms with Gasteiger partial charge in [-0.15, -0.1) is 0 Å². The molecule has 0 heterocycles. The number of nitrogens with two attached hydrogens (primary N) is 1. The fourth-order valence-electron chi connectivity index (χ4n) is 1.47. The van der Waals surface area contributed by atoms with Gasteiger partial charge >= 0.3 is 0 Å². The Kier molecular flexibility index (Phi) is 5.51. The molecule has 0 saturated carbocycles. The van der Waals surface area contributed by atoms with Crippen LogP contribution >= 0.6 is 0 Å². The highest BCUT2D eigenvalue weighted by atomic mass is 15.1. The summed E-state index contributed by atoms with van der Waals surface area (Å²) in [5.41, 5.74) is 5.74. The van der Waals surface area contributed by atoms with E-state index in [4.69, 9.17) is 5.73 Å². The van der Waals surface area contributed by atoms with Crippen LogP contribution < -0.4 is 5.73 Å². The van der Waals surface area contributed by atoms with Crippen molar-refractivity contribution in [2.75, 3.05) is 13.6 Å². The summed E-state index contributed by atoms with van der Waals surface area (Å²) in [6.45, 7) is 9.96. The minimum Gasteiger partial charge on any atom is -0.328 e. The van der Waals surface area contributed by atoms with Crippen molar-refractivity contribution in [1.29, 1.82) is 0 Å². The summed E-state index contributed by atoms with van der Waals surface area (Å²) in [5, 5.41) is 0. The molecule has 0 aromatic heterocycles. The first-order valence-corrected chi connectivity index (χ1v) is 4.89. The van der Waals surface area contributed by atoms with Crippen LogP contribution in [0.4, 0.5) is 0 Å². The van der Waals surface area contributed by atoms with Gasteiger partial charge < -0.3 is 10.6 Å². The number of nitrogens with zero attached hydrogens (tertiary/aromatic N) is 1. The average molecular weight is 172 g/mol. The summed E-state index contributed by atoms with van der Waals surface area (Å²) in [6, 6.07) is 0.919. The predicted octanol–water partition coefficient (Wildman–Crippen LogP) is 1.70. The van der Waals surface area contributed by atoms with Gasteiger partial charge in [-0.25, -0.2) is 0 Å². The molecule has 0 bridgehead atoms. The third kappa shape index (κ3) is 5.56. The van der Waals surface area contributed by atoms with Crippen molar-refractivity contribution in [2.24, 2.45) is 11.7 Å². The molecule has 2 N–H and O–H groups in total. The Bertz CT molecular complexity index is 96.4. The molecule has 74 valence electrons. The smallest absolute Gasteiger partial charge is 0.00786 e. The van der Waals surface area contributed by atoms with Crippen molar-refractivity contribution in [3.8, 4) is 0 Å². The van der Waals surface area contributed by atoms with Crippen LogP contribution in [0.3, 0.4) is 0 Å². The molecule has 2 heteroatoms. The second-order valence-electron chi connectivity index (χ2n) is 4.40. The van der Waals surface area contributed by atoms with Gasteiger partial charge in [0.15, 0.2) is 0 Å². The van der Waals surface area contributed by atoms with Crippen LogP contribution in [-0.2, 0) is 0 Å². The molecule has 12 heavy (non-hydrogen) atoms. The summed E-state index contributed by atoms with van der Waals surface area (Å²) < 4.78 is 0. The van der Waals surface area contributed by atoms with Gasteiger partial charge in [0.1, 0.15) is 0 Å². The maximum atomic E-state index is 5.74. The zero-order valence-corrected chi connectivity index (χ0v) is 9.17. The molecule has 0 aliphatic rings. The molecule has 0 aromatic rings. The van der Waals surface area contributed by atoms with Crippen LogP contribution in [-0.4, -0.2) is 30.6 Å². The number of rotatable bonds is 5. The molecule has 2 unspecified atom stereocenters. The standard InChI is InChI=1S/C10H24N2/c1-8(2)7-12(5)10(4)6-9(3)11/h8-10H,6-7,11H2,1-5H3. The fourth-order valence-corrected chi connectivity index (χ4v) is 1.47. The maximum Gasteiger partial charge on any atom is 0.00786 e. The topological polar surface area (TPSA) is 29.3 Å². The minimum absolute atomic E-state index is 0.314. The monoisotopic (exact) mass is 172 g/mol. The van der Waals surface area contributed by atoms with Crippen molar-refractivity contribution in [2.45, 2.75) is 46.2 Å². The first kappa shape index (κ1) is 11.9. The van der Waals surface area contributed by atoms with Gasteiger partial charge in [0.05, 0.1) is 0 Å². The molecule has 0 spiro atoms. The van der Waals surface area contributed by atoms with Gasteiger partial charge in [0.2, 0.25) is 0 Å². The quantitative estimate of drug-likeness (QED) is 0.684. The van der Waals surface area contributed by atoms with E-state index in [2.05, 4.69) is 39.6 Å². The largest absolute Gasteiger partial charge is 0.328 e. The third-order valence-corrected chi connectivity index (χ3v) is 2.12. The summed E-state index contributed by atoms with van der Waals surface area (Å²) in [7, 11) is 2.17. The molecular formula is C10H24N2. The van der Waals surface area contributed by atoms with E-state index in [9.17, 15) is 0 Å². The van der Waals surface area contributed by atoms with Gasteiger partial charge in [0.25, 0.3) is 0 Å². The lowest BCUT2D eigenvalue weighted by molar-refractivity contribution is 0.214. The molecule has 0 saturated heterocycles. The second kappa shape index (κ2) is 5.55. The highest BCUT2D eigenvalue weighted by Gasteiger charge is 2.11. The van der Waals surface area contributed by atoms with E-state index >= 15 is 0 Å². The van der Waals surface area contributed by atoms with Crippen molar-refractivity contribution in [1.82, 2.24) is 4.90 Å². The van der Waals surface area contributed by atoms with Crippen LogP contribution in [0.1, 0.15) is 34.1 Å². The lowest BCUT2D eigenvalue weighted by atomic mass is 10.1. The lowest BCUT2D eigenvalue weighted by Crippen LogP contribution is -2.36. The Morgan fingerprint density at radius 1 is 1.17 bits per heavy atom. The van der Waals surface area contributed by atoms with Crippen molar-refractivity contribution in [3.63, 3.8) is 0 Å². The normalized spacial score (nSPS) is 17.0. The predicted molar refractivity (Wildman–Crippen MR) is 55.2 cm³/mol. The summed E-state index contributed by atoms with van der Waals surface area (Å²) in [6.07, 6.45) is 1.09. The molecule has 0 radical (unpaired) electrons. The van der Waals surface area contributed by atoms with Crippen molar-refractivity contribution < 1.29 is 0 Å². The average Bonchev–Trinajstić information content (AvgIpc) is 1.84. The third-order valence-electron chi connectivity index (χ3n) is 2.12. The van der Waals surface area contributed by atoms with E-state index in [1.165, 1.54) is 0 Å². The first-order valence-electron chi connectivity index (χ1n) is 4.89. The Balaban J connectivity index is 3.68. The van der Waals surface area contributed by atoms with E-state index in [-0.39, 0.29) is 0 Å². The van der Waals surface area contributed by atoms with Gasteiger partial charge in [-0.05, 0) is 33.2 Å². The van der Waals surface area contributed by atoms with Gasteiger partial charge in [-0.3, -0.25) is 0 Å². The van der Waals surface area contributed by atoms with Crippen LogP contribution in [0.2, 0.25) is 0 Å². The van der Waals surface area contributed by atoms with Crippen LogP contribution in [0.5, 0.6) is 0 Å². The van der Waals surface area contributed by atoms with Gasteiger partial charge in [-0.2, -0.15) is 0 Å². The molecule has 0 amide bonds. The molecule has 2 atom stereocenters. The van der Waals surface area contributed by atoms with Crippen LogP contribution in [0.15, 0.2) is 0 Å². The SMILES string of the molecule is CC(C)CN(C)C(C)CC(C)N. The van der Waals surface area contributed by atoms with E-state index in [1.807, 2.05) is 0 Å². The zero-order chi connectivity index (χ0) is 9.72. The molecular weight excluding hydrogens is 148 g/mol. The van der Waals surface area contributed by atoms with E-state index in [1.54, 1.807) is 0 Å². The van der Waals surface area contributed by atoms with Crippen molar-refractivity contribution in [3.05, 3.63) is 0 Å². The Labute approximate surface area is 77.1 Å². The Morgan fingerprint density at radius 3 is 2.00 bits per heavy atom. The Morgan fingerprint density at radius 2 is 1.67 bits per heavy atom. The molecule has 2 nitrogen and oxygen atoms in total. The summed E-state index contributed by atoms with van der Waals surface area (Å²) in [4.78, 5) is 2.38. The molecule has 0 aromatic carbocycles. The second-order valence-corrected chi connectivity index (χ2v) is 4.40. The van der Waals surface area contributed by atoms with E-state index in [0.717, 1.165) is 18.9 Å². The summed E-state index contributed by atoms with van der Waals surface area (Å²) >= 11 is 0. The van der Waals surface area contributed by atoms with Gasteiger partial charge in [-0.1, -0.05) is 13.8 Å². The summed E-state index contributed by atoms with van der Waals surface area (Å²) in [5.74, 6) is 0.741. The number of hydrogen-bond donors (Lipinski definition) is 1. The fraction of sp³-hybridized carbons (Fsp3) is 1.00. The van der Waals surface area contributed by atoms with Crippen molar-refractivity contribution >= 4 is 0 Å². The lowest BCUT2D eigenvalue weighted by Gasteiger charge is -2.27. The van der Waals surface area contributed by atoms with Crippen LogP contribution in [0.25, 0.3) is 0 Å². The first-order chi connectivity index (χ1) is 5.43. The zero-order valence-electron chi connectivity index (χ0n) is 9.17. The Hall–Kier alpha value is -0.0800.